The van der Waals surface area contributed by atoms with Gasteiger partial charge in [-0.1, -0.05) is 35.9 Å². The zero-order valence-electron chi connectivity index (χ0n) is 16.3. The molecule has 0 spiro atoms. The largest absolute Gasteiger partial charge is 0.365 e. The van der Waals surface area contributed by atoms with Crippen molar-refractivity contribution in [3.05, 3.63) is 84.4 Å². The third-order valence-electron chi connectivity index (χ3n) is 4.33. The Morgan fingerprint density at radius 2 is 1.45 bits per heavy atom. The molecule has 3 aromatic carbocycles. The molecule has 0 radical (unpaired) electrons. The minimum Gasteiger partial charge on any atom is -0.365 e. The van der Waals surface area contributed by atoms with Gasteiger partial charge in [-0.2, -0.15) is 0 Å². The summed E-state index contributed by atoms with van der Waals surface area (Å²) in [6.07, 6.45) is 0. The monoisotopic (exact) mass is 409 g/mol. The maximum Gasteiger partial charge on any atom is 0.261 e. The second kappa shape index (κ2) is 8.79. The third kappa shape index (κ3) is 5.58. The number of nitrogens with zero attached hydrogens (tertiary/aromatic N) is 1. The van der Waals surface area contributed by atoms with Gasteiger partial charge < -0.3 is 10.2 Å². The average Bonchev–Trinajstić information content (AvgIpc) is 2.70. The fraction of sp³-hybridized carbons (Fsp3) is 0.136. The molecule has 0 unspecified atom stereocenters. The van der Waals surface area contributed by atoms with Gasteiger partial charge in [0.2, 0.25) is 5.91 Å². The summed E-state index contributed by atoms with van der Waals surface area (Å²) in [6.45, 7) is 2.10. The van der Waals surface area contributed by atoms with Crippen LogP contribution in [0.2, 0.25) is 0 Å². The molecule has 29 heavy (non-hydrogen) atoms. The standard InChI is InChI=1S/C22H23N3O3S/c1-17-8-14-21(15-9-17)29(27,28)24-19-12-10-18(11-13-19)23-22(26)16-25(2)20-6-4-3-5-7-20/h3-15,24H,16H2,1-2H3,(H,23,26). The Hall–Kier alpha value is -3.32. The summed E-state index contributed by atoms with van der Waals surface area (Å²) in [7, 11) is -1.81. The van der Waals surface area contributed by atoms with E-state index in [1.54, 1.807) is 48.5 Å². The number of benzene rings is 3. The minimum atomic E-state index is -3.66. The van der Waals surface area contributed by atoms with Crippen LogP contribution in [0.25, 0.3) is 0 Å². The minimum absolute atomic E-state index is 0.163. The van der Waals surface area contributed by atoms with Crippen molar-refractivity contribution in [2.75, 3.05) is 28.5 Å². The fourth-order valence-corrected chi connectivity index (χ4v) is 3.80. The summed E-state index contributed by atoms with van der Waals surface area (Å²) >= 11 is 0. The van der Waals surface area contributed by atoms with Crippen LogP contribution in [0.3, 0.4) is 0 Å². The van der Waals surface area contributed by atoms with E-state index in [0.717, 1.165) is 11.3 Å². The van der Waals surface area contributed by atoms with E-state index >= 15 is 0 Å². The molecule has 0 fully saturated rings. The second-order valence-electron chi connectivity index (χ2n) is 6.74. The zero-order chi connectivity index (χ0) is 20.9. The van der Waals surface area contributed by atoms with Crippen LogP contribution in [-0.4, -0.2) is 27.9 Å². The van der Waals surface area contributed by atoms with Gasteiger partial charge >= 0.3 is 0 Å². The number of rotatable bonds is 7. The molecule has 3 aromatic rings. The summed E-state index contributed by atoms with van der Waals surface area (Å²) < 4.78 is 27.4. The van der Waals surface area contributed by atoms with Gasteiger partial charge in [-0.3, -0.25) is 9.52 Å². The van der Waals surface area contributed by atoms with Crippen LogP contribution in [0.15, 0.2) is 83.8 Å². The van der Waals surface area contributed by atoms with Crippen LogP contribution in [0.1, 0.15) is 5.56 Å². The van der Waals surface area contributed by atoms with E-state index in [9.17, 15) is 13.2 Å². The van der Waals surface area contributed by atoms with E-state index in [2.05, 4.69) is 10.0 Å². The van der Waals surface area contributed by atoms with E-state index < -0.39 is 10.0 Å². The normalized spacial score (nSPS) is 11.0. The highest BCUT2D eigenvalue weighted by molar-refractivity contribution is 7.92. The van der Waals surface area contributed by atoms with E-state index in [0.29, 0.717) is 11.4 Å². The lowest BCUT2D eigenvalue weighted by molar-refractivity contribution is -0.114. The molecule has 0 aliphatic rings. The molecule has 6 nitrogen and oxygen atoms in total. The van der Waals surface area contributed by atoms with Gasteiger partial charge in [-0.25, -0.2) is 8.42 Å². The maximum atomic E-state index is 12.4. The number of carbonyl (C=O) groups is 1. The summed E-state index contributed by atoms with van der Waals surface area (Å²) in [6, 6.07) is 22.8. The first-order valence-electron chi connectivity index (χ1n) is 9.09. The molecule has 150 valence electrons. The molecule has 1 amide bonds. The van der Waals surface area contributed by atoms with Gasteiger partial charge in [0, 0.05) is 24.1 Å². The number of anilines is 3. The molecule has 3 rings (SSSR count). The van der Waals surface area contributed by atoms with Gasteiger partial charge in [-0.05, 0) is 55.5 Å². The van der Waals surface area contributed by atoms with Crippen LogP contribution in [0.5, 0.6) is 0 Å². The Morgan fingerprint density at radius 3 is 2.07 bits per heavy atom. The predicted molar refractivity (Wildman–Crippen MR) is 117 cm³/mol. The van der Waals surface area contributed by atoms with Crippen molar-refractivity contribution < 1.29 is 13.2 Å². The fourth-order valence-electron chi connectivity index (χ4n) is 2.74. The van der Waals surface area contributed by atoms with Crippen molar-refractivity contribution in [2.24, 2.45) is 0 Å². The number of aryl methyl sites for hydroxylation is 1. The smallest absolute Gasteiger partial charge is 0.261 e. The van der Waals surface area contributed by atoms with Crippen LogP contribution < -0.4 is 14.9 Å². The highest BCUT2D eigenvalue weighted by atomic mass is 32.2. The van der Waals surface area contributed by atoms with Crippen LogP contribution >= 0.6 is 0 Å². The lowest BCUT2D eigenvalue weighted by Crippen LogP contribution is -2.29. The Bertz CT molecular complexity index is 1060. The van der Waals surface area contributed by atoms with Gasteiger partial charge in [0.15, 0.2) is 0 Å². The lowest BCUT2D eigenvalue weighted by atomic mass is 10.2. The SMILES string of the molecule is Cc1ccc(S(=O)(=O)Nc2ccc(NC(=O)CN(C)c3ccccc3)cc2)cc1. The molecule has 0 aromatic heterocycles. The number of hydrogen-bond acceptors (Lipinski definition) is 4. The van der Waals surface area contributed by atoms with E-state index in [-0.39, 0.29) is 17.3 Å². The zero-order valence-corrected chi connectivity index (χ0v) is 17.1. The van der Waals surface area contributed by atoms with Crippen LogP contribution in [0.4, 0.5) is 17.1 Å². The molecule has 2 N–H and O–H groups in total. The molecule has 0 aliphatic heterocycles. The van der Waals surface area contributed by atoms with Gasteiger partial charge in [0.25, 0.3) is 10.0 Å². The van der Waals surface area contributed by atoms with E-state index in [1.807, 2.05) is 49.2 Å². The number of sulfonamides is 1. The Morgan fingerprint density at radius 1 is 0.862 bits per heavy atom. The van der Waals surface area contributed by atoms with E-state index in [1.165, 1.54) is 0 Å². The molecule has 0 saturated heterocycles. The molecule has 0 heterocycles. The first-order valence-corrected chi connectivity index (χ1v) is 10.6. The molecule has 0 saturated carbocycles. The van der Waals surface area contributed by atoms with Crippen LogP contribution in [-0.2, 0) is 14.8 Å². The molecular formula is C22H23N3O3S. The van der Waals surface area contributed by atoms with Crippen molar-refractivity contribution >= 4 is 33.0 Å². The van der Waals surface area contributed by atoms with Crippen molar-refractivity contribution in [1.29, 1.82) is 0 Å². The number of amides is 1. The second-order valence-corrected chi connectivity index (χ2v) is 8.42. The van der Waals surface area contributed by atoms with Crippen molar-refractivity contribution in [2.45, 2.75) is 11.8 Å². The number of carbonyl (C=O) groups excluding carboxylic acids is 1. The van der Waals surface area contributed by atoms with Gasteiger partial charge in [0.05, 0.1) is 11.4 Å². The summed E-state index contributed by atoms with van der Waals surface area (Å²) in [5, 5.41) is 2.81. The summed E-state index contributed by atoms with van der Waals surface area (Å²) in [4.78, 5) is 14.3. The first kappa shape index (κ1) is 20.4. The molecule has 0 aliphatic carbocycles. The third-order valence-corrected chi connectivity index (χ3v) is 5.73. The Labute approximate surface area is 171 Å². The molecule has 0 bridgehead atoms. The quantitative estimate of drug-likeness (QED) is 0.621. The van der Waals surface area contributed by atoms with Gasteiger partial charge in [0.1, 0.15) is 0 Å². The highest BCUT2D eigenvalue weighted by Crippen LogP contribution is 2.19. The van der Waals surface area contributed by atoms with Gasteiger partial charge in [-0.15, -0.1) is 0 Å². The maximum absolute atomic E-state index is 12.4. The van der Waals surface area contributed by atoms with Crippen molar-refractivity contribution in [3.63, 3.8) is 0 Å². The number of nitrogens with one attached hydrogen (secondary N) is 2. The predicted octanol–water partition coefficient (Wildman–Crippen LogP) is 3.87. The van der Waals surface area contributed by atoms with Crippen molar-refractivity contribution in [3.8, 4) is 0 Å². The highest BCUT2D eigenvalue weighted by Gasteiger charge is 2.14. The Balaban J connectivity index is 1.60. The van der Waals surface area contributed by atoms with Crippen LogP contribution in [0, 0.1) is 6.92 Å². The molecule has 0 atom stereocenters. The number of para-hydroxylation sites is 1. The average molecular weight is 410 g/mol. The number of hydrogen-bond donors (Lipinski definition) is 2. The molecule has 7 heteroatoms. The summed E-state index contributed by atoms with van der Waals surface area (Å²) in [5.41, 5.74) is 2.95. The van der Waals surface area contributed by atoms with E-state index in [4.69, 9.17) is 0 Å². The first-order chi connectivity index (χ1) is 13.8. The number of likely N-dealkylation sites (N-methyl/N-ethyl adjacent to an activating group) is 1. The summed E-state index contributed by atoms with van der Waals surface area (Å²) in [5.74, 6) is -0.163. The molecular weight excluding hydrogens is 386 g/mol. The topological polar surface area (TPSA) is 78.5 Å². The lowest BCUT2D eigenvalue weighted by Gasteiger charge is -2.18. The Kier molecular flexibility index (Phi) is 6.19. The van der Waals surface area contributed by atoms with Crippen molar-refractivity contribution in [1.82, 2.24) is 0 Å².